The van der Waals surface area contributed by atoms with Crippen molar-refractivity contribution in [2.24, 2.45) is 0 Å². The summed E-state index contributed by atoms with van der Waals surface area (Å²) in [6, 6.07) is 0.894. The van der Waals surface area contributed by atoms with Gasteiger partial charge in [-0.2, -0.15) is 0 Å². The number of hydrogen-bond donors (Lipinski definition) is 1. The molecule has 0 heterocycles. The average Bonchev–Trinajstić information content (AvgIpc) is 2.16. The molecule has 0 aliphatic heterocycles. The number of hydrogen-bond acceptors (Lipinski definition) is 7. The summed E-state index contributed by atoms with van der Waals surface area (Å²) in [5.41, 5.74) is -3.00. The van der Waals surface area contributed by atoms with E-state index in [9.17, 15) is 30.3 Å². The number of benzene rings is 1. The fourth-order valence-electron chi connectivity index (χ4n) is 0.974. The van der Waals surface area contributed by atoms with E-state index >= 15 is 0 Å². The van der Waals surface area contributed by atoms with Crippen LogP contribution in [0.1, 0.15) is 0 Å². The van der Waals surface area contributed by atoms with Gasteiger partial charge in [0.1, 0.15) is 0 Å². The second-order valence-corrected chi connectivity index (χ2v) is 2.60. The van der Waals surface area contributed by atoms with Gasteiger partial charge in [0.25, 0.3) is 11.4 Å². The van der Waals surface area contributed by atoms with E-state index in [2.05, 4.69) is 0 Å². The van der Waals surface area contributed by atoms with Gasteiger partial charge in [-0.05, 0) is 0 Å². The zero-order valence-electron chi connectivity index (χ0n) is 7.39. The molecule has 0 fully saturated rings. The van der Waals surface area contributed by atoms with Crippen molar-refractivity contribution in [3.63, 3.8) is 0 Å². The monoisotopic (exact) mass is 277 g/mol. The van der Waals surface area contributed by atoms with Gasteiger partial charge in [-0.15, -0.1) is 0 Å². The van der Waals surface area contributed by atoms with Crippen molar-refractivity contribution >= 4 is 76.2 Å². The molecule has 0 radical (unpaired) electrons. The van der Waals surface area contributed by atoms with Crippen LogP contribution in [0.3, 0.4) is 0 Å². The van der Waals surface area contributed by atoms with Crippen LogP contribution in [0.2, 0.25) is 0 Å². The molecule has 1 N–H and O–H groups in total. The van der Waals surface area contributed by atoms with E-state index < -0.39 is 37.6 Å². The first-order valence-electron chi connectivity index (χ1n) is 3.64. The van der Waals surface area contributed by atoms with Crippen LogP contribution < -0.4 is 0 Å². The molecule has 0 amide bonds. The summed E-state index contributed by atoms with van der Waals surface area (Å²) in [5, 5.41) is 40.2. The van der Waals surface area contributed by atoms with Gasteiger partial charge in [0, 0.05) is 0 Å². The first-order chi connectivity index (χ1) is 7.34. The van der Waals surface area contributed by atoms with Gasteiger partial charge >= 0.3 is 70.5 Å². The van der Waals surface area contributed by atoms with E-state index in [4.69, 9.17) is 5.11 Å². The van der Waals surface area contributed by atoms with Crippen molar-refractivity contribution in [1.82, 2.24) is 0 Å². The SMILES string of the molecule is O=[N+]([O-])c1cc([N+](=O)[O-])c(O)c([N+](=O)[O-])c1.[NaH].[NaH]. The molecule has 12 heteroatoms. The van der Waals surface area contributed by atoms with E-state index in [1.807, 2.05) is 0 Å². The summed E-state index contributed by atoms with van der Waals surface area (Å²) >= 11 is 0. The Morgan fingerprint density at radius 3 is 1.39 bits per heavy atom. The number of non-ortho nitro benzene ring substituents is 1. The minimum absolute atomic E-state index is 0. The van der Waals surface area contributed by atoms with E-state index in [1.54, 1.807) is 0 Å². The van der Waals surface area contributed by atoms with Crippen LogP contribution >= 0.6 is 0 Å². The summed E-state index contributed by atoms with van der Waals surface area (Å²) in [6.45, 7) is 0. The Bertz CT molecular complexity index is 471. The van der Waals surface area contributed by atoms with Crippen molar-refractivity contribution in [3.8, 4) is 5.75 Å². The third-order valence-corrected chi connectivity index (χ3v) is 1.66. The number of nitrogens with zero attached hydrogens (tertiary/aromatic N) is 3. The molecule has 1 aromatic rings. The second kappa shape index (κ2) is 7.61. The van der Waals surface area contributed by atoms with Crippen molar-refractivity contribution in [1.29, 1.82) is 0 Å². The Morgan fingerprint density at radius 1 is 0.833 bits per heavy atom. The minimum atomic E-state index is -1.21. The number of nitro groups is 3. The summed E-state index contributed by atoms with van der Waals surface area (Å²) in [5.74, 6) is -1.21. The molecule has 0 aliphatic carbocycles. The predicted octanol–water partition coefficient (Wildman–Crippen LogP) is -0.180. The van der Waals surface area contributed by atoms with E-state index in [1.165, 1.54) is 0 Å². The Hall–Kier alpha value is -0.780. The van der Waals surface area contributed by atoms with Crippen molar-refractivity contribution in [2.75, 3.05) is 0 Å². The fourth-order valence-corrected chi connectivity index (χ4v) is 0.974. The zero-order valence-corrected chi connectivity index (χ0v) is 7.39. The fraction of sp³-hybridized carbons (Fsp3) is 0. The third kappa shape index (κ3) is 4.15. The molecule has 0 saturated carbocycles. The zero-order chi connectivity index (χ0) is 12.5. The van der Waals surface area contributed by atoms with Crippen LogP contribution in [0.5, 0.6) is 5.75 Å². The standard InChI is InChI=1S/C6H3N3O7.2Na.2H/c10-6-4(8(13)14)1-3(7(11)12)2-5(6)9(15)16;;;;/h1-2,10H;;;;. The third-order valence-electron chi connectivity index (χ3n) is 1.66. The average molecular weight is 277 g/mol. The van der Waals surface area contributed by atoms with E-state index in [0.29, 0.717) is 12.1 Å². The van der Waals surface area contributed by atoms with Crippen LogP contribution in [-0.2, 0) is 0 Å². The summed E-state index contributed by atoms with van der Waals surface area (Å²) in [7, 11) is 0. The van der Waals surface area contributed by atoms with Gasteiger partial charge in [0.05, 0.1) is 26.9 Å². The molecule has 1 rings (SSSR count). The van der Waals surface area contributed by atoms with Gasteiger partial charge in [-0.1, -0.05) is 0 Å². The van der Waals surface area contributed by atoms with Gasteiger partial charge in [0.2, 0.25) is 0 Å². The second-order valence-electron chi connectivity index (χ2n) is 2.60. The summed E-state index contributed by atoms with van der Waals surface area (Å²) in [6.07, 6.45) is 0. The number of aromatic hydroxyl groups is 1. The number of nitro benzene ring substituents is 3. The molecule has 0 unspecified atom stereocenters. The van der Waals surface area contributed by atoms with E-state index in [-0.39, 0.29) is 59.1 Å². The Balaban J connectivity index is 0. The molecule has 0 aromatic heterocycles. The van der Waals surface area contributed by atoms with Crippen molar-refractivity contribution in [3.05, 3.63) is 42.5 Å². The van der Waals surface area contributed by atoms with Crippen LogP contribution in [0.25, 0.3) is 0 Å². The first-order valence-corrected chi connectivity index (χ1v) is 3.64. The Morgan fingerprint density at radius 2 is 1.17 bits per heavy atom. The Kier molecular flexibility index (Phi) is 8.27. The van der Waals surface area contributed by atoms with Gasteiger partial charge in [0.15, 0.2) is 0 Å². The quantitative estimate of drug-likeness (QED) is 0.457. The number of phenols is 1. The molecule has 0 spiro atoms. The van der Waals surface area contributed by atoms with Gasteiger partial charge in [-0.25, -0.2) is 0 Å². The van der Waals surface area contributed by atoms with Crippen LogP contribution in [0, 0.1) is 30.3 Å². The predicted molar refractivity (Wildman–Crippen MR) is 62.4 cm³/mol. The maximum atomic E-state index is 10.4. The molecule has 0 aliphatic rings. The summed E-state index contributed by atoms with van der Waals surface area (Å²) in [4.78, 5) is 27.8. The number of phenolic OH excluding ortho intramolecular Hbond substituents is 1. The molecular weight excluding hydrogens is 272 g/mol. The molecule has 10 nitrogen and oxygen atoms in total. The van der Waals surface area contributed by atoms with Crippen molar-refractivity contribution < 1.29 is 19.9 Å². The van der Waals surface area contributed by atoms with Crippen LogP contribution in [0.15, 0.2) is 12.1 Å². The van der Waals surface area contributed by atoms with Crippen LogP contribution in [-0.4, -0.2) is 79.0 Å². The maximum absolute atomic E-state index is 10.4. The number of rotatable bonds is 3. The Labute approximate surface area is 143 Å². The first kappa shape index (κ1) is 19.6. The van der Waals surface area contributed by atoms with Crippen LogP contribution in [0.4, 0.5) is 17.1 Å². The molecular formula is C6H5N3Na2O7. The molecule has 18 heavy (non-hydrogen) atoms. The molecule has 0 atom stereocenters. The molecule has 0 bridgehead atoms. The van der Waals surface area contributed by atoms with Crippen molar-refractivity contribution in [2.45, 2.75) is 0 Å². The van der Waals surface area contributed by atoms with Gasteiger partial charge < -0.3 is 5.11 Å². The molecule has 0 saturated heterocycles. The summed E-state index contributed by atoms with van der Waals surface area (Å²) < 4.78 is 0. The van der Waals surface area contributed by atoms with E-state index in [0.717, 1.165) is 0 Å². The topological polar surface area (TPSA) is 150 Å². The normalized spacial score (nSPS) is 8.67. The van der Waals surface area contributed by atoms with Gasteiger partial charge in [-0.3, -0.25) is 30.3 Å². The molecule has 1 aromatic carbocycles. The molecule has 88 valence electrons.